The first-order valence-corrected chi connectivity index (χ1v) is 4.47. The molecule has 2 nitrogen and oxygen atoms in total. The Hall–Kier alpha value is -0.0800. The van der Waals surface area contributed by atoms with Gasteiger partial charge >= 0.3 is 0 Å². The fourth-order valence-corrected chi connectivity index (χ4v) is 2.45. The van der Waals surface area contributed by atoms with E-state index in [1.165, 1.54) is 6.42 Å². The van der Waals surface area contributed by atoms with Gasteiger partial charge in [0.05, 0.1) is 0 Å². The fraction of sp³-hybridized carbons (Fsp3) is 1.00. The maximum absolute atomic E-state index is 5.97. The predicted octanol–water partition coefficient (Wildman–Crippen LogP) is 1.01. The lowest BCUT2D eigenvalue weighted by atomic mass is 9.97. The molecule has 0 bridgehead atoms. The molecule has 11 heavy (non-hydrogen) atoms. The Morgan fingerprint density at radius 1 is 1.45 bits per heavy atom. The molecule has 1 saturated carbocycles. The number of hydrogen-bond acceptors (Lipinski definition) is 2. The molecule has 0 radical (unpaired) electrons. The third kappa shape index (κ3) is 1.00. The Balaban J connectivity index is 1.98. The lowest BCUT2D eigenvalue weighted by Crippen LogP contribution is -2.10. The van der Waals surface area contributed by atoms with Crippen LogP contribution in [-0.2, 0) is 4.74 Å². The van der Waals surface area contributed by atoms with E-state index in [-0.39, 0.29) is 0 Å². The Morgan fingerprint density at radius 3 is 2.45 bits per heavy atom. The molecular weight excluding hydrogens is 138 g/mol. The highest BCUT2D eigenvalue weighted by Gasteiger charge is 2.58. The van der Waals surface area contributed by atoms with Crippen molar-refractivity contribution in [2.75, 3.05) is 13.2 Å². The van der Waals surface area contributed by atoms with Crippen LogP contribution in [0.25, 0.3) is 0 Å². The molecule has 64 valence electrons. The molecular formula is C9H17NO. The Morgan fingerprint density at radius 2 is 2.09 bits per heavy atom. The van der Waals surface area contributed by atoms with Crippen molar-refractivity contribution in [2.24, 2.45) is 23.0 Å². The van der Waals surface area contributed by atoms with Crippen LogP contribution in [0.15, 0.2) is 0 Å². The standard InChI is InChI=1S/C9H17NO/c1-9(2)7(8(9)10)6-3-4-11-5-6/h6-8H,3-5,10H2,1-2H3/t6?,7-,8-/m1/s1. The zero-order chi connectivity index (χ0) is 8.06. The van der Waals surface area contributed by atoms with Crippen LogP contribution in [0, 0.1) is 17.3 Å². The van der Waals surface area contributed by atoms with Crippen molar-refractivity contribution < 1.29 is 4.74 Å². The molecule has 0 amide bonds. The van der Waals surface area contributed by atoms with Crippen molar-refractivity contribution in [1.82, 2.24) is 0 Å². The molecule has 0 aromatic rings. The van der Waals surface area contributed by atoms with Crippen molar-refractivity contribution in [1.29, 1.82) is 0 Å². The third-order valence-corrected chi connectivity index (χ3v) is 3.47. The number of hydrogen-bond donors (Lipinski definition) is 1. The Bertz CT molecular complexity index is 161. The SMILES string of the molecule is CC1(C)[C@H](N)[C@H]1C1CCOC1. The van der Waals surface area contributed by atoms with Gasteiger partial charge in [-0.25, -0.2) is 0 Å². The van der Waals surface area contributed by atoms with E-state index in [1.54, 1.807) is 0 Å². The monoisotopic (exact) mass is 155 g/mol. The van der Waals surface area contributed by atoms with Crippen LogP contribution in [0.2, 0.25) is 0 Å². The highest BCUT2D eigenvalue weighted by molar-refractivity contribution is 5.11. The maximum Gasteiger partial charge on any atom is 0.0498 e. The minimum absolute atomic E-state index is 0.387. The Labute approximate surface area is 68.1 Å². The third-order valence-electron chi connectivity index (χ3n) is 3.47. The average molecular weight is 155 g/mol. The summed E-state index contributed by atoms with van der Waals surface area (Å²) in [6, 6.07) is 0.425. The summed E-state index contributed by atoms with van der Waals surface area (Å²) in [5.41, 5.74) is 6.36. The average Bonchev–Trinajstić information content (AvgIpc) is 2.40. The van der Waals surface area contributed by atoms with E-state index in [1.807, 2.05) is 0 Å². The van der Waals surface area contributed by atoms with Gasteiger partial charge in [0.15, 0.2) is 0 Å². The smallest absolute Gasteiger partial charge is 0.0498 e. The molecule has 2 fully saturated rings. The molecule has 2 N–H and O–H groups in total. The van der Waals surface area contributed by atoms with Crippen molar-refractivity contribution in [3.8, 4) is 0 Å². The van der Waals surface area contributed by atoms with Gasteiger partial charge in [-0.3, -0.25) is 0 Å². The first-order chi connectivity index (χ1) is 5.14. The van der Waals surface area contributed by atoms with Crippen molar-refractivity contribution in [3.63, 3.8) is 0 Å². The van der Waals surface area contributed by atoms with Gasteiger partial charge in [-0.05, 0) is 23.7 Å². The number of rotatable bonds is 1. The first-order valence-electron chi connectivity index (χ1n) is 4.47. The van der Waals surface area contributed by atoms with Crippen LogP contribution in [0.4, 0.5) is 0 Å². The highest BCUT2D eigenvalue weighted by atomic mass is 16.5. The summed E-state index contributed by atoms with van der Waals surface area (Å²) >= 11 is 0. The molecule has 2 rings (SSSR count). The van der Waals surface area contributed by atoms with Crippen LogP contribution >= 0.6 is 0 Å². The molecule has 2 aliphatic rings. The summed E-state index contributed by atoms with van der Waals surface area (Å²) in [5, 5.41) is 0. The molecule has 0 aromatic heterocycles. The van der Waals surface area contributed by atoms with E-state index in [0.717, 1.165) is 25.0 Å². The highest BCUT2D eigenvalue weighted by Crippen LogP contribution is 2.56. The van der Waals surface area contributed by atoms with Crippen molar-refractivity contribution >= 4 is 0 Å². The summed E-state index contributed by atoms with van der Waals surface area (Å²) in [4.78, 5) is 0. The van der Waals surface area contributed by atoms with Crippen LogP contribution in [0.5, 0.6) is 0 Å². The largest absolute Gasteiger partial charge is 0.381 e. The second kappa shape index (κ2) is 2.20. The van der Waals surface area contributed by atoms with Crippen molar-refractivity contribution in [2.45, 2.75) is 26.3 Å². The summed E-state index contributed by atoms with van der Waals surface area (Å²) < 4.78 is 5.34. The number of ether oxygens (including phenoxy) is 1. The molecule has 1 unspecified atom stereocenters. The summed E-state index contributed by atoms with van der Waals surface area (Å²) in [7, 11) is 0. The normalized spacial score (nSPS) is 47.7. The van der Waals surface area contributed by atoms with Gasteiger partial charge in [0.2, 0.25) is 0 Å². The van der Waals surface area contributed by atoms with Gasteiger partial charge in [0.1, 0.15) is 0 Å². The topological polar surface area (TPSA) is 35.2 Å². The van der Waals surface area contributed by atoms with Gasteiger partial charge in [-0.1, -0.05) is 13.8 Å². The molecule has 1 aliphatic heterocycles. The van der Waals surface area contributed by atoms with E-state index < -0.39 is 0 Å². The van der Waals surface area contributed by atoms with Crippen LogP contribution in [0.3, 0.4) is 0 Å². The van der Waals surface area contributed by atoms with Crippen LogP contribution in [0.1, 0.15) is 20.3 Å². The molecule has 0 aromatic carbocycles. The first kappa shape index (κ1) is 7.56. The zero-order valence-electron chi connectivity index (χ0n) is 7.34. The molecule has 1 saturated heterocycles. The molecule has 3 atom stereocenters. The van der Waals surface area contributed by atoms with Gasteiger partial charge in [-0.2, -0.15) is 0 Å². The van der Waals surface area contributed by atoms with E-state index in [0.29, 0.717) is 11.5 Å². The summed E-state index contributed by atoms with van der Waals surface area (Å²) in [6.07, 6.45) is 1.22. The predicted molar refractivity (Wildman–Crippen MR) is 44.2 cm³/mol. The van der Waals surface area contributed by atoms with Gasteiger partial charge in [0.25, 0.3) is 0 Å². The van der Waals surface area contributed by atoms with Crippen LogP contribution in [-0.4, -0.2) is 19.3 Å². The lowest BCUT2D eigenvalue weighted by molar-refractivity contribution is 0.179. The quantitative estimate of drug-likeness (QED) is 0.613. The molecule has 1 aliphatic carbocycles. The van der Waals surface area contributed by atoms with E-state index in [9.17, 15) is 0 Å². The maximum atomic E-state index is 5.97. The fourth-order valence-electron chi connectivity index (χ4n) is 2.45. The van der Waals surface area contributed by atoms with Gasteiger partial charge < -0.3 is 10.5 Å². The van der Waals surface area contributed by atoms with E-state index >= 15 is 0 Å². The minimum Gasteiger partial charge on any atom is -0.381 e. The second-order valence-corrected chi connectivity index (χ2v) is 4.50. The minimum atomic E-state index is 0.387. The summed E-state index contributed by atoms with van der Waals surface area (Å²) in [6.45, 7) is 6.42. The zero-order valence-corrected chi connectivity index (χ0v) is 7.34. The number of nitrogens with two attached hydrogens (primary N) is 1. The van der Waals surface area contributed by atoms with Crippen LogP contribution < -0.4 is 5.73 Å². The van der Waals surface area contributed by atoms with E-state index in [2.05, 4.69) is 13.8 Å². The second-order valence-electron chi connectivity index (χ2n) is 4.50. The van der Waals surface area contributed by atoms with Gasteiger partial charge in [0, 0.05) is 19.3 Å². The Kier molecular flexibility index (Phi) is 1.52. The summed E-state index contributed by atoms with van der Waals surface area (Å²) in [5.74, 6) is 1.48. The molecule has 0 spiro atoms. The van der Waals surface area contributed by atoms with Crippen molar-refractivity contribution in [3.05, 3.63) is 0 Å². The van der Waals surface area contributed by atoms with Gasteiger partial charge in [-0.15, -0.1) is 0 Å². The molecule has 1 heterocycles. The molecule has 2 heteroatoms. The lowest BCUT2D eigenvalue weighted by Gasteiger charge is -2.07. The van der Waals surface area contributed by atoms with E-state index in [4.69, 9.17) is 10.5 Å².